The normalized spacial score (nSPS) is 15.5. The maximum absolute atomic E-state index is 13.1. The molecule has 1 amide bonds. The van der Waals surface area contributed by atoms with E-state index in [1.165, 1.54) is 5.56 Å². The number of para-hydroxylation sites is 4. The lowest BCUT2D eigenvalue weighted by Gasteiger charge is -2.20. The first-order valence-electron chi connectivity index (χ1n) is 13.2. The third kappa shape index (κ3) is 5.33. The number of fused-ring (bicyclic) bond motifs is 1. The minimum atomic E-state index is 0.0285. The van der Waals surface area contributed by atoms with E-state index in [4.69, 9.17) is 14.5 Å². The summed E-state index contributed by atoms with van der Waals surface area (Å²) in [6, 6.07) is 22.3. The van der Waals surface area contributed by atoms with Crippen molar-refractivity contribution in [3.05, 3.63) is 83.7 Å². The highest BCUT2D eigenvalue weighted by atomic mass is 16.5. The van der Waals surface area contributed by atoms with Crippen LogP contribution in [0, 0.1) is 13.8 Å². The molecule has 2 heterocycles. The van der Waals surface area contributed by atoms with E-state index < -0.39 is 0 Å². The molecule has 4 aromatic rings. The fourth-order valence-corrected chi connectivity index (χ4v) is 5.13. The predicted molar refractivity (Wildman–Crippen MR) is 148 cm³/mol. The molecule has 1 atom stereocenters. The molecular weight excluding hydrogens is 462 g/mol. The molecule has 37 heavy (non-hydrogen) atoms. The minimum Gasteiger partial charge on any atom is -0.493 e. The zero-order valence-corrected chi connectivity index (χ0v) is 21.9. The molecule has 1 fully saturated rings. The number of rotatable bonds is 10. The molecule has 3 aromatic carbocycles. The van der Waals surface area contributed by atoms with Crippen LogP contribution in [-0.4, -0.2) is 35.2 Å². The Morgan fingerprint density at radius 2 is 1.76 bits per heavy atom. The average molecular weight is 498 g/mol. The summed E-state index contributed by atoms with van der Waals surface area (Å²) >= 11 is 0. The summed E-state index contributed by atoms with van der Waals surface area (Å²) in [6.45, 7) is 8.80. The average Bonchev–Trinajstić information content (AvgIpc) is 3.47. The Bertz CT molecular complexity index is 1390. The van der Waals surface area contributed by atoms with Gasteiger partial charge in [-0.3, -0.25) is 4.79 Å². The molecule has 1 saturated heterocycles. The number of ether oxygens (including phenoxy) is 2. The molecule has 0 radical (unpaired) electrons. The zero-order chi connectivity index (χ0) is 25.8. The van der Waals surface area contributed by atoms with Gasteiger partial charge in [0, 0.05) is 25.4 Å². The van der Waals surface area contributed by atoms with Crippen molar-refractivity contribution in [2.45, 2.75) is 52.5 Å². The molecule has 0 spiro atoms. The summed E-state index contributed by atoms with van der Waals surface area (Å²) in [7, 11) is 0. The fraction of sp³-hybridized carbons (Fsp3) is 0.355. The molecule has 5 rings (SSSR count). The molecule has 1 unspecified atom stereocenters. The highest BCUT2D eigenvalue weighted by Gasteiger charge is 2.35. The van der Waals surface area contributed by atoms with E-state index in [9.17, 15) is 4.79 Å². The molecule has 6 nitrogen and oxygen atoms in total. The molecule has 0 aliphatic carbocycles. The Morgan fingerprint density at radius 1 is 0.946 bits per heavy atom. The molecule has 0 bridgehead atoms. The van der Waals surface area contributed by atoms with Crippen molar-refractivity contribution in [2.75, 3.05) is 24.7 Å². The van der Waals surface area contributed by atoms with Crippen LogP contribution in [0.2, 0.25) is 0 Å². The van der Waals surface area contributed by atoms with Gasteiger partial charge in [0.25, 0.3) is 0 Å². The van der Waals surface area contributed by atoms with Crippen molar-refractivity contribution in [3.63, 3.8) is 0 Å². The summed E-state index contributed by atoms with van der Waals surface area (Å²) in [5, 5.41) is 0. The Hall–Kier alpha value is -3.80. The van der Waals surface area contributed by atoms with Crippen LogP contribution in [0.5, 0.6) is 11.5 Å². The number of aromatic nitrogens is 2. The van der Waals surface area contributed by atoms with E-state index in [0.29, 0.717) is 26.2 Å². The molecule has 1 aliphatic rings. The number of benzene rings is 3. The number of imidazole rings is 1. The van der Waals surface area contributed by atoms with Crippen LogP contribution in [0.15, 0.2) is 66.7 Å². The van der Waals surface area contributed by atoms with Crippen molar-refractivity contribution >= 4 is 22.6 Å². The van der Waals surface area contributed by atoms with Crippen LogP contribution in [0.4, 0.5) is 5.69 Å². The van der Waals surface area contributed by atoms with Gasteiger partial charge in [-0.1, -0.05) is 36.4 Å². The third-order valence-electron chi connectivity index (χ3n) is 7.01. The van der Waals surface area contributed by atoms with E-state index in [1.54, 1.807) is 0 Å². The SMILES string of the molecule is CCOc1ccccc1N1CC(c2nc3ccccc3n2CCCCOc2cc(C)ccc2C)CC1=O. The lowest BCUT2D eigenvalue weighted by atomic mass is 10.1. The third-order valence-corrected chi connectivity index (χ3v) is 7.01. The van der Waals surface area contributed by atoms with Crippen molar-refractivity contribution in [2.24, 2.45) is 0 Å². The quantitative estimate of drug-likeness (QED) is 0.237. The number of unbranched alkanes of at least 4 members (excludes halogenated alkanes) is 1. The van der Waals surface area contributed by atoms with Gasteiger partial charge in [-0.05, 0) is 75.1 Å². The maximum Gasteiger partial charge on any atom is 0.227 e. The van der Waals surface area contributed by atoms with Gasteiger partial charge in [0.15, 0.2) is 0 Å². The smallest absolute Gasteiger partial charge is 0.227 e. The van der Waals surface area contributed by atoms with Gasteiger partial charge >= 0.3 is 0 Å². The summed E-state index contributed by atoms with van der Waals surface area (Å²) in [5.41, 5.74) is 5.30. The van der Waals surface area contributed by atoms with E-state index >= 15 is 0 Å². The van der Waals surface area contributed by atoms with Gasteiger partial charge in [-0.15, -0.1) is 0 Å². The number of aryl methyl sites for hydroxylation is 3. The van der Waals surface area contributed by atoms with Gasteiger partial charge in [0.1, 0.15) is 17.3 Å². The topological polar surface area (TPSA) is 56.6 Å². The summed E-state index contributed by atoms with van der Waals surface area (Å²) in [4.78, 5) is 20.0. The Balaban J connectivity index is 1.31. The molecule has 0 saturated carbocycles. The van der Waals surface area contributed by atoms with E-state index in [0.717, 1.165) is 59.0 Å². The molecular formula is C31H35N3O3. The number of hydrogen-bond donors (Lipinski definition) is 0. The molecule has 6 heteroatoms. The number of anilines is 1. The van der Waals surface area contributed by atoms with E-state index in [-0.39, 0.29) is 11.8 Å². The number of carbonyl (C=O) groups excluding carboxylic acids is 1. The molecule has 1 aromatic heterocycles. The van der Waals surface area contributed by atoms with Crippen molar-refractivity contribution in [1.82, 2.24) is 9.55 Å². The summed E-state index contributed by atoms with van der Waals surface area (Å²) in [5.74, 6) is 2.84. The van der Waals surface area contributed by atoms with Crippen LogP contribution in [0.25, 0.3) is 11.0 Å². The summed E-state index contributed by atoms with van der Waals surface area (Å²) in [6.07, 6.45) is 2.35. The first-order chi connectivity index (χ1) is 18.0. The lowest BCUT2D eigenvalue weighted by molar-refractivity contribution is -0.117. The standard InChI is InChI=1S/C31H35N3O3/c1-4-36-28-14-8-7-13-27(28)34-21-24(20-30(34)35)31-32-25-11-5-6-12-26(25)33(31)17-9-10-18-37-29-19-22(2)15-16-23(29)3/h5-8,11-16,19,24H,4,9-10,17-18,20-21H2,1-3H3. The highest BCUT2D eigenvalue weighted by Crippen LogP contribution is 2.37. The number of carbonyl (C=O) groups is 1. The second-order valence-electron chi connectivity index (χ2n) is 9.74. The van der Waals surface area contributed by atoms with Crippen LogP contribution < -0.4 is 14.4 Å². The van der Waals surface area contributed by atoms with Crippen LogP contribution in [0.1, 0.15) is 49.1 Å². The van der Waals surface area contributed by atoms with E-state index in [1.807, 2.05) is 42.2 Å². The predicted octanol–water partition coefficient (Wildman–Crippen LogP) is 6.43. The first kappa shape index (κ1) is 24.9. The first-order valence-corrected chi connectivity index (χ1v) is 13.2. The molecule has 1 aliphatic heterocycles. The van der Waals surface area contributed by atoms with Crippen LogP contribution in [0.3, 0.4) is 0 Å². The number of amides is 1. The second kappa shape index (κ2) is 11.1. The lowest BCUT2D eigenvalue weighted by Crippen LogP contribution is -2.25. The van der Waals surface area contributed by atoms with Crippen molar-refractivity contribution in [3.8, 4) is 11.5 Å². The van der Waals surface area contributed by atoms with Crippen LogP contribution in [-0.2, 0) is 11.3 Å². The Kier molecular flexibility index (Phi) is 7.45. The monoisotopic (exact) mass is 497 g/mol. The van der Waals surface area contributed by atoms with E-state index in [2.05, 4.69) is 54.8 Å². The molecule has 192 valence electrons. The number of hydrogen-bond acceptors (Lipinski definition) is 4. The Morgan fingerprint density at radius 3 is 2.62 bits per heavy atom. The number of nitrogens with zero attached hydrogens (tertiary/aromatic N) is 3. The van der Waals surface area contributed by atoms with Gasteiger partial charge in [0.2, 0.25) is 5.91 Å². The maximum atomic E-state index is 13.1. The van der Waals surface area contributed by atoms with Crippen molar-refractivity contribution in [1.29, 1.82) is 0 Å². The van der Waals surface area contributed by atoms with Gasteiger partial charge in [0.05, 0.1) is 29.9 Å². The van der Waals surface area contributed by atoms with Gasteiger partial charge < -0.3 is 18.9 Å². The van der Waals surface area contributed by atoms with Gasteiger partial charge in [-0.2, -0.15) is 0 Å². The van der Waals surface area contributed by atoms with Crippen LogP contribution >= 0.6 is 0 Å². The molecule has 0 N–H and O–H groups in total. The summed E-state index contributed by atoms with van der Waals surface area (Å²) < 4.78 is 14.2. The highest BCUT2D eigenvalue weighted by molar-refractivity contribution is 5.97. The van der Waals surface area contributed by atoms with Gasteiger partial charge in [-0.25, -0.2) is 4.98 Å². The largest absolute Gasteiger partial charge is 0.493 e. The fourth-order valence-electron chi connectivity index (χ4n) is 5.13. The minimum absolute atomic E-state index is 0.0285. The second-order valence-corrected chi connectivity index (χ2v) is 9.74. The zero-order valence-electron chi connectivity index (χ0n) is 21.9. The van der Waals surface area contributed by atoms with Crippen molar-refractivity contribution < 1.29 is 14.3 Å². The Labute approximate surface area is 218 Å².